The molecular weight excluding hydrogens is 268 g/mol. The molecule has 0 saturated heterocycles. The summed E-state index contributed by atoms with van der Waals surface area (Å²) in [5, 5.41) is 0. The first-order valence-electron chi connectivity index (χ1n) is 7.72. The minimum atomic E-state index is 0.0180. The van der Waals surface area contributed by atoms with Gasteiger partial charge in [0, 0.05) is 17.5 Å². The van der Waals surface area contributed by atoms with E-state index in [1.807, 2.05) is 12.4 Å². The van der Waals surface area contributed by atoms with E-state index in [9.17, 15) is 0 Å². The Kier molecular flexibility index (Phi) is 3.84. The third kappa shape index (κ3) is 2.96. The normalized spacial score (nSPS) is 11.6. The standard InChI is InChI=1S/C20H22N2/c1-20(2,3)22-15-21-19(17-12-8-5-9-13-17)18(22)14-16-10-6-4-7-11-16/h4-13,15H,14H2,1-3H3. The maximum absolute atomic E-state index is 4.71. The fourth-order valence-electron chi connectivity index (χ4n) is 2.75. The Balaban J connectivity index is 2.10. The van der Waals surface area contributed by atoms with Crippen LogP contribution in [0.25, 0.3) is 11.3 Å². The summed E-state index contributed by atoms with van der Waals surface area (Å²) >= 11 is 0. The molecule has 0 aliphatic carbocycles. The van der Waals surface area contributed by atoms with Crippen molar-refractivity contribution >= 4 is 0 Å². The van der Waals surface area contributed by atoms with E-state index in [4.69, 9.17) is 4.98 Å². The van der Waals surface area contributed by atoms with Gasteiger partial charge < -0.3 is 4.57 Å². The third-order valence-corrected chi connectivity index (χ3v) is 3.85. The molecule has 2 aromatic carbocycles. The van der Waals surface area contributed by atoms with Crippen LogP contribution in [0, 0.1) is 0 Å². The maximum atomic E-state index is 4.71. The van der Waals surface area contributed by atoms with Crippen molar-refractivity contribution < 1.29 is 0 Å². The van der Waals surface area contributed by atoms with Gasteiger partial charge in [-0.25, -0.2) is 4.98 Å². The molecule has 0 N–H and O–H groups in total. The van der Waals surface area contributed by atoms with Crippen LogP contribution in [0.2, 0.25) is 0 Å². The summed E-state index contributed by atoms with van der Waals surface area (Å²) in [6, 6.07) is 21.0. The van der Waals surface area contributed by atoms with Crippen LogP contribution in [0.1, 0.15) is 32.0 Å². The zero-order valence-corrected chi connectivity index (χ0v) is 13.5. The van der Waals surface area contributed by atoms with E-state index in [0.717, 1.165) is 12.1 Å². The summed E-state index contributed by atoms with van der Waals surface area (Å²) in [6.07, 6.45) is 2.86. The van der Waals surface area contributed by atoms with Gasteiger partial charge in [-0.15, -0.1) is 0 Å². The van der Waals surface area contributed by atoms with Gasteiger partial charge in [-0.2, -0.15) is 0 Å². The molecule has 0 saturated carbocycles. The molecule has 2 nitrogen and oxygen atoms in total. The average molecular weight is 290 g/mol. The summed E-state index contributed by atoms with van der Waals surface area (Å²) in [4.78, 5) is 4.71. The quantitative estimate of drug-likeness (QED) is 0.671. The third-order valence-electron chi connectivity index (χ3n) is 3.85. The molecule has 0 spiro atoms. The number of hydrogen-bond donors (Lipinski definition) is 0. The second-order valence-corrected chi connectivity index (χ2v) is 6.61. The Hall–Kier alpha value is -2.35. The first kappa shape index (κ1) is 14.6. The van der Waals surface area contributed by atoms with Gasteiger partial charge in [-0.1, -0.05) is 60.7 Å². The smallest absolute Gasteiger partial charge is 0.0961 e. The molecule has 0 radical (unpaired) electrons. The van der Waals surface area contributed by atoms with Gasteiger partial charge in [0.2, 0.25) is 0 Å². The zero-order valence-electron chi connectivity index (χ0n) is 13.5. The fourth-order valence-corrected chi connectivity index (χ4v) is 2.75. The number of aromatic nitrogens is 2. The van der Waals surface area contributed by atoms with Gasteiger partial charge in [0.25, 0.3) is 0 Å². The summed E-state index contributed by atoms with van der Waals surface area (Å²) in [5.41, 5.74) is 4.86. The highest BCUT2D eigenvalue weighted by Crippen LogP contribution is 2.28. The van der Waals surface area contributed by atoms with Crippen molar-refractivity contribution in [2.24, 2.45) is 0 Å². The van der Waals surface area contributed by atoms with Crippen LogP contribution in [0.3, 0.4) is 0 Å². The molecule has 1 aromatic heterocycles. The van der Waals surface area contributed by atoms with E-state index in [1.54, 1.807) is 0 Å². The van der Waals surface area contributed by atoms with Gasteiger partial charge in [-0.05, 0) is 26.3 Å². The Morgan fingerprint density at radius 2 is 1.45 bits per heavy atom. The zero-order chi connectivity index (χ0) is 15.6. The van der Waals surface area contributed by atoms with E-state index in [0.29, 0.717) is 0 Å². The van der Waals surface area contributed by atoms with Crippen LogP contribution in [0.4, 0.5) is 0 Å². The van der Waals surface area contributed by atoms with E-state index in [2.05, 4.69) is 79.9 Å². The Bertz CT molecular complexity index is 734. The van der Waals surface area contributed by atoms with Gasteiger partial charge in [0.15, 0.2) is 0 Å². The second kappa shape index (κ2) is 5.80. The number of rotatable bonds is 3. The highest BCUT2D eigenvalue weighted by atomic mass is 15.1. The summed E-state index contributed by atoms with van der Waals surface area (Å²) in [6.45, 7) is 6.66. The molecular formula is C20H22N2. The lowest BCUT2D eigenvalue weighted by molar-refractivity contribution is 0.386. The van der Waals surface area contributed by atoms with Crippen molar-refractivity contribution in [3.63, 3.8) is 0 Å². The van der Waals surface area contributed by atoms with Crippen LogP contribution < -0.4 is 0 Å². The van der Waals surface area contributed by atoms with Crippen LogP contribution in [-0.4, -0.2) is 9.55 Å². The molecule has 1 heterocycles. The molecule has 3 rings (SSSR count). The minimum absolute atomic E-state index is 0.0180. The van der Waals surface area contributed by atoms with Crippen LogP contribution in [0.5, 0.6) is 0 Å². The predicted molar refractivity (Wildman–Crippen MR) is 91.9 cm³/mol. The number of nitrogens with zero attached hydrogens (tertiary/aromatic N) is 2. The summed E-state index contributed by atoms with van der Waals surface area (Å²) in [5.74, 6) is 0. The first-order chi connectivity index (χ1) is 10.6. The van der Waals surface area contributed by atoms with Crippen molar-refractivity contribution in [2.75, 3.05) is 0 Å². The van der Waals surface area contributed by atoms with Crippen molar-refractivity contribution in [1.29, 1.82) is 0 Å². The fraction of sp³-hybridized carbons (Fsp3) is 0.250. The van der Waals surface area contributed by atoms with E-state index >= 15 is 0 Å². The number of benzene rings is 2. The Labute approximate surface area is 132 Å². The van der Waals surface area contributed by atoms with Gasteiger partial charge in [-0.3, -0.25) is 0 Å². The Morgan fingerprint density at radius 1 is 0.864 bits per heavy atom. The lowest BCUT2D eigenvalue weighted by Crippen LogP contribution is -2.23. The van der Waals surface area contributed by atoms with Crippen LogP contribution >= 0.6 is 0 Å². The molecule has 0 unspecified atom stereocenters. The molecule has 2 heteroatoms. The minimum Gasteiger partial charge on any atom is -0.328 e. The summed E-state index contributed by atoms with van der Waals surface area (Å²) < 4.78 is 2.29. The van der Waals surface area contributed by atoms with E-state index in [1.165, 1.54) is 16.8 Å². The molecule has 3 aromatic rings. The molecule has 22 heavy (non-hydrogen) atoms. The van der Waals surface area contributed by atoms with Crippen molar-refractivity contribution in [3.8, 4) is 11.3 Å². The monoisotopic (exact) mass is 290 g/mol. The maximum Gasteiger partial charge on any atom is 0.0961 e. The molecule has 0 aliphatic heterocycles. The Morgan fingerprint density at radius 3 is 2.05 bits per heavy atom. The molecule has 0 fully saturated rings. The lowest BCUT2D eigenvalue weighted by atomic mass is 10.0. The number of hydrogen-bond acceptors (Lipinski definition) is 1. The van der Waals surface area contributed by atoms with E-state index < -0.39 is 0 Å². The first-order valence-corrected chi connectivity index (χ1v) is 7.72. The number of imidazole rings is 1. The predicted octanol–water partition coefficient (Wildman–Crippen LogP) is 4.90. The SMILES string of the molecule is CC(C)(C)n1cnc(-c2ccccc2)c1Cc1ccccc1. The molecule has 112 valence electrons. The van der Waals surface area contributed by atoms with Crippen LogP contribution in [0.15, 0.2) is 67.0 Å². The molecule has 0 bridgehead atoms. The summed E-state index contributed by atoms with van der Waals surface area (Å²) in [7, 11) is 0. The van der Waals surface area contributed by atoms with Crippen LogP contribution in [-0.2, 0) is 12.0 Å². The average Bonchev–Trinajstić information content (AvgIpc) is 2.93. The van der Waals surface area contributed by atoms with Gasteiger partial charge in [0.05, 0.1) is 17.7 Å². The van der Waals surface area contributed by atoms with Gasteiger partial charge >= 0.3 is 0 Å². The molecule has 0 aliphatic rings. The highest BCUT2D eigenvalue weighted by molar-refractivity contribution is 5.62. The topological polar surface area (TPSA) is 17.8 Å². The molecule has 0 amide bonds. The van der Waals surface area contributed by atoms with Gasteiger partial charge in [0.1, 0.15) is 0 Å². The van der Waals surface area contributed by atoms with E-state index in [-0.39, 0.29) is 5.54 Å². The molecule has 0 atom stereocenters. The largest absolute Gasteiger partial charge is 0.328 e. The van der Waals surface area contributed by atoms with Crippen molar-refractivity contribution in [3.05, 3.63) is 78.2 Å². The van der Waals surface area contributed by atoms with Crippen molar-refractivity contribution in [1.82, 2.24) is 9.55 Å². The second-order valence-electron chi connectivity index (χ2n) is 6.61. The van der Waals surface area contributed by atoms with Crippen molar-refractivity contribution in [2.45, 2.75) is 32.7 Å². The highest BCUT2D eigenvalue weighted by Gasteiger charge is 2.21. The lowest BCUT2D eigenvalue weighted by Gasteiger charge is -2.24.